The summed E-state index contributed by atoms with van der Waals surface area (Å²) in [5.74, 6) is -0.0516. The number of rotatable bonds is 3. The third-order valence-corrected chi connectivity index (χ3v) is 4.88. The summed E-state index contributed by atoms with van der Waals surface area (Å²) in [6.07, 6.45) is 3.75. The van der Waals surface area contributed by atoms with E-state index in [0.717, 1.165) is 35.2 Å². The Morgan fingerprint density at radius 3 is 3.04 bits per heavy atom. The molecule has 1 amide bonds. The zero-order valence-corrected chi connectivity index (χ0v) is 14.9. The maximum absolute atomic E-state index is 12.6. The van der Waals surface area contributed by atoms with Crippen molar-refractivity contribution in [3.63, 3.8) is 0 Å². The Kier molecular flexibility index (Phi) is 4.82. The predicted octanol–water partition coefficient (Wildman–Crippen LogP) is 2.81. The van der Waals surface area contributed by atoms with E-state index in [9.17, 15) is 4.79 Å². The summed E-state index contributed by atoms with van der Waals surface area (Å²) in [4.78, 5) is 12.6. The van der Waals surface area contributed by atoms with E-state index in [-0.39, 0.29) is 11.9 Å². The van der Waals surface area contributed by atoms with Crippen molar-refractivity contribution < 1.29 is 4.79 Å². The lowest BCUT2D eigenvalue weighted by molar-refractivity contribution is 0.0919. The molecule has 1 saturated heterocycles. The van der Waals surface area contributed by atoms with Crippen LogP contribution >= 0.6 is 15.9 Å². The van der Waals surface area contributed by atoms with Gasteiger partial charge in [0.05, 0.1) is 23.1 Å². The number of nitrogens with zero attached hydrogens (tertiary/aromatic N) is 2. The first-order chi connectivity index (χ1) is 11.1. The monoisotopic (exact) mass is 376 g/mol. The molecule has 2 heterocycles. The zero-order valence-electron chi connectivity index (χ0n) is 13.3. The lowest BCUT2D eigenvalue weighted by Gasteiger charge is -2.30. The summed E-state index contributed by atoms with van der Waals surface area (Å²) in [7, 11) is 0. The molecule has 2 unspecified atom stereocenters. The van der Waals surface area contributed by atoms with Gasteiger partial charge in [0.25, 0.3) is 5.91 Å². The Morgan fingerprint density at radius 1 is 1.48 bits per heavy atom. The van der Waals surface area contributed by atoms with Gasteiger partial charge in [-0.25, -0.2) is 4.68 Å². The summed E-state index contributed by atoms with van der Waals surface area (Å²) in [5, 5.41) is 10.9. The van der Waals surface area contributed by atoms with Crippen LogP contribution < -0.4 is 10.6 Å². The molecule has 1 aliphatic rings. The van der Waals surface area contributed by atoms with Crippen LogP contribution in [-0.2, 0) is 0 Å². The summed E-state index contributed by atoms with van der Waals surface area (Å²) in [5.41, 5.74) is 2.41. The molecular formula is C17H21BrN4O. The van der Waals surface area contributed by atoms with Crippen LogP contribution in [0.2, 0.25) is 0 Å². The fourth-order valence-electron chi connectivity index (χ4n) is 2.99. The zero-order chi connectivity index (χ0) is 16.4. The summed E-state index contributed by atoms with van der Waals surface area (Å²) >= 11 is 3.46. The van der Waals surface area contributed by atoms with Crippen molar-refractivity contribution in [2.45, 2.75) is 38.8 Å². The van der Waals surface area contributed by atoms with Crippen LogP contribution in [0.25, 0.3) is 5.69 Å². The minimum Gasteiger partial charge on any atom is -0.348 e. The number of carbonyl (C=O) groups excluding carboxylic acids is 1. The molecule has 1 aromatic heterocycles. The molecule has 3 rings (SSSR count). The molecule has 0 radical (unpaired) electrons. The van der Waals surface area contributed by atoms with Crippen molar-refractivity contribution in [1.82, 2.24) is 20.4 Å². The molecule has 1 fully saturated rings. The van der Waals surface area contributed by atoms with E-state index in [1.807, 2.05) is 31.2 Å². The number of aromatic nitrogens is 2. The average Bonchev–Trinajstić information content (AvgIpc) is 2.91. The lowest BCUT2D eigenvalue weighted by Crippen LogP contribution is -2.51. The second-order valence-electron chi connectivity index (χ2n) is 6.00. The Hall–Kier alpha value is -1.66. The van der Waals surface area contributed by atoms with Crippen LogP contribution in [0, 0.1) is 6.92 Å². The largest absolute Gasteiger partial charge is 0.348 e. The van der Waals surface area contributed by atoms with Gasteiger partial charge < -0.3 is 10.6 Å². The van der Waals surface area contributed by atoms with Crippen LogP contribution in [0.4, 0.5) is 0 Å². The molecule has 5 nitrogen and oxygen atoms in total. The third-order valence-electron chi connectivity index (χ3n) is 4.39. The Balaban J connectivity index is 1.80. The first kappa shape index (κ1) is 16.2. The van der Waals surface area contributed by atoms with Gasteiger partial charge >= 0.3 is 0 Å². The van der Waals surface area contributed by atoms with Crippen LogP contribution in [0.3, 0.4) is 0 Å². The van der Waals surface area contributed by atoms with Crippen molar-refractivity contribution in [1.29, 1.82) is 0 Å². The van der Waals surface area contributed by atoms with E-state index >= 15 is 0 Å². The molecule has 23 heavy (non-hydrogen) atoms. The van der Waals surface area contributed by atoms with E-state index in [1.54, 1.807) is 10.9 Å². The third kappa shape index (κ3) is 3.48. The molecule has 2 N–H and O–H groups in total. The van der Waals surface area contributed by atoms with Gasteiger partial charge in [0.1, 0.15) is 0 Å². The van der Waals surface area contributed by atoms with Crippen LogP contribution in [0.1, 0.15) is 35.8 Å². The molecule has 2 atom stereocenters. The highest BCUT2D eigenvalue weighted by atomic mass is 79.9. The van der Waals surface area contributed by atoms with Crippen molar-refractivity contribution in [2.75, 3.05) is 6.54 Å². The van der Waals surface area contributed by atoms with Crippen molar-refractivity contribution >= 4 is 21.8 Å². The highest BCUT2D eigenvalue weighted by Gasteiger charge is 2.24. The Bertz CT molecular complexity index is 712. The highest BCUT2D eigenvalue weighted by molar-refractivity contribution is 9.10. The molecule has 6 heteroatoms. The van der Waals surface area contributed by atoms with E-state index in [1.165, 1.54) is 0 Å². The fraction of sp³-hybridized carbons (Fsp3) is 0.412. The topological polar surface area (TPSA) is 59.0 Å². The standard InChI is InChI=1S/C17H21BrN4O/c1-11-16(7-4-8-19-11)21-17(23)15-10-20-22(12(15)2)14-6-3-5-13(18)9-14/h3,5-6,9-11,16,19H,4,7-8H2,1-2H3,(H,21,23). The van der Waals surface area contributed by atoms with Gasteiger partial charge in [-0.1, -0.05) is 22.0 Å². The first-order valence-electron chi connectivity index (χ1n) is 7.91. The number of amides is 1. The van der Waals surface area contributed by atoms with Gasteiger partial charge in [0.15, 0.2) is 0 Å². The van der Waals surface area contributed by atoms with Crippen LogP contribution in [-0.4, -0.2) is 34.3 Å². The molecule has 0 spiro atoms. The molecule has 122 valence electrons. The van der Waals surface area contributed by atoms with Gasteiger partial charge in [0.2, 0.25) is 0 Å². The maximum Gasteiger partial charge on any atom is 0.255 e. The second-order valence-corrected chi connectivity index (χ2v) is 6.92. The van der Waals surface area contributed by atoms with E-state index < -0.39 is 0 Å². The van der Waals surface area contributed by atoms with Crippen molar-refractivity contribution in [3.05, 3.63) is 46.2 Å². The predicted molar refractivity (Wildman–Crippen MR) is 94.0 cm³/mol. The summed E-state index contributed by atoms with van der Waals surface area (Å²) < 4.78 is 2.78. The number of hydrogen-bond donors (Lipinski definition) is 2. The van der Waals surface area contributed by atoms with Gasteiger partial charge in [-0.15, -0.1) is 0 Å². The molecule has 0 saturated carbocycles. The average molecular weight is 377 g/mol. The van der Waals surface area contributed by atoms with Gasteiger partial charge in [0, 0.05) is 16.6 Å². The molecular weight excluding hydrogens is 356 g/mol. The first-order valence-corrected chi connectivity index (χ1v) is 8.70. The van der Waals surface area contributed by atoms with E-state index in [2.05, 4.69) is 38.6 Å². The normalized spacial score (nSPS) is 21.2. The molecule has 1 aliphatic heterocycles. The molecule has 0 bridgehead atoms. The molecule has 0 aliphatic carbocycles. The van der Waals surface area contributed by atoms with E-state index in [0.29, 0.717) is 11.6 Å². The number of piperidine rings is 1. The Morgan fingerprint density at radius 2 is 2.30 bits per heavy atom. The quantitative estimate of drug-likeness (QED) is 0.865. The van der Waals surface area contributed by atoms with Gasteiger partial charge in [-0.3, -0.25) is 4.79 Å². The smallest absolute Gasteiger partial charge is 0.255 e. The number of benzene rings is 1. The SMILES string of the molecule is Cc1c(C(=O)NC2CCCNC2C)cnn1-c1cccc(Br)c1. The Labute approximate surface area is 144 Å². The lowest BCUT2D eigenvalue weighted by atomic mass is 9.99. The van der Waals surface area contributed by atoms with Gasteiger partial charge in [-0.05, 0) is 51.4 Å². The number of nitrogens with one attached hydrogen (secondary N) is 2. The number of hydrogen-bond acceptors (Lipinski definition) is 3. The fourth-order valence-corrected chi connectivity index (χ4v) is 3.38. The van der Waals surface area contributed by atoms with Crippen molar-refractivity contribution in [3.8, 4) is 5.69 Å². The summed E-state index contributed by atoms with van der Waals surface area (Å²) in [6.45, 7) is 5.06. The molecule has 1 aromatic carbocycles. The van der Waals surface area contributed by atoms with E-state index in [4.69, 9.17) is 0 Å². The van der Waals surface area contributed by atoms with Crippen LogP contribution in [0.5, 0.6) is 0 Å². The molecule has 2 aromatic rings. The second kappa shape index (κ2) is 6.84. The maximum atomic E-state index is 12.6. The van der Waals surface area contributed by atoms with Gasteiger partial charge in [-0.2, -0.15) is 5.10 Å². The minimum absolute atomic E-state index is 0.0516. The summed E-state index contributed by atoms with van der Waals surface area (Å²) in [6, 6.07) is 8.34. The minimum atomic E-state index is -0.0516. The number of halogens is 1. The number of carbonyl (C=O) groups is 1. The highest BCUT2D eigenvalue weighted by Crippen LogP contribution is 2.19. The van der Waals surface area contributed by atoms with Crippen LogP contribution in [0.15, 0.2) is 34.9 Å². The van der Waals surface area contributed by atoms with Crippen molar-refractivity contribution in [2.24, 2.45) is 0 Å².